The first-order chi connectivity index (χ1) is 6.82. The Morgan fingerprint density at radius 2 is 1.67 bits per heavy atom. The van der Waals surface area contributed by atoms with Gasteiger partial charge in [-0.2, -0.15) is 0 Å². The number of hydrogen-bond acceptors (Lipinski definition) is 2. The molecule has 0 saturated carbocycles. The Balaban J connectivity index is 3.88. The fourth-order valence-corrected chi connectivity index (χ4v) is 1.29. The minimum atomic E-state index is -1.04. The fourth-order valence-electron chi connectivity index (χ4n) is 1.29. The van der Waals surface area contributed by atoms with Gasteiger partial charge < -0.3 is 15.7 Å². The van der Waals surface area contributed by atoms with Gasteiger partial charge in [-0.3, -0.25) is 4.79 Å². The Kier molecular flexibility index (Phi) is 5.74. The van der Waals surface area contributed by atoms with Gasteiger partial charge in [0, 0.05) is 6.04 Å². The molecule has 0 aliphatic heterocycles. The van der Waals surface area contributed by atoms with E-state index in [1.807, 2.05) is 6.92 Å². The summed E-state index contributed by atoms with van der Waals surface area (Å²) in [4.78, 5) is 21.7. The maximum absolute atomic E-state index is 11.3. The van der Waals surface area contributed by atoms with E-state index in [2.05, 4.69) is 24.5 Å². The molecular formula is C10H20N2O3. The smallest absolute Gasteiger partial charge is 0.325 e. The number of carbonyl (C=O) groups is 2. The SMILES string of the molecule is CC(C)CC(C)NC(=O)NC(C)C(=O)O. The Morgan fingerprint density at radius 1 is 1.13 bits per heavy atom. The van der Waals surface area contributed by atoms with Crippen molar-refractivity contribution in [1.82, 2.24) is 10.6 Å². The number of nitrogens with one attached hydrogen (secondary N) is 2. The molecule has 2 amide bonds. The van der Waals surface area contributed by atoms with E-state index in [1.54, 1.807) is 0 Å². The molecule has 5 nitrogen and oxygen atoms in total. The zero-order valence-corrected chi connectivity index (χ0v) is 9.70. The Hall–Kier alpha value is -1.26. The molecule has 2 atom stereocenters. The van der Waals surface area contributed by atoms with Gasteiger partial charge in [0.05, 0.1) is 0 Å². The maximum atomic E-state index is 11.3. The molecule has 0 rings (SSSR count). The summed E-state index contributed by atoms with van der Waals surface area (Å²) in [5.41, 5.74) is 0. The van der Waals surface area contributed by atoms with Crippen molar-refractivity contribution >= 4 is 12.0 Å². The summed E-state index contributed by atoms with van der Waals surface area (Å²) in [5.74, 6) is -0.543. The van der Waals surface area contributed by atoms with E-state index in [9.17, 15) is 9.59 Å². The number of amides is 2. The molecule has 3 N–H and O–H groups in total. The van der Waals surface area contributed by atoms with E-state index in [4.69, 9.17) is 5.11 Å². The molecule has 5 heteroatoms. The zero-order chi connectivity index (χ0) is 12.0. The van der Waals surface area contributed by atoms with Crippen molar-refractivity contribution in [2.24, 2.45) is 5.92 Å². The van der Waals surface area contributed by atoms with Crippen molar-refractivity contribution in [1.29, 1.82) is 0 Å². The largest absolute Gasteiger partial charge is 0.480 e. The van der Waals surface area contributed by atoms with Crippen LogP contribution in [0.25, 0.3) is 0 Å². The second-order valence-electron chi connectivity index (χ2n) is 4.21. The monoisotopic (exact) mass is 216 g/mol. The third-order valence-corrected chi connectivity index (χ3v) is 1.92. The zero-order valence-electron chi connectivity index (χ0n) is 9.70. The molecule has 0 bridgehead atoms. The van der Waals surface area contributed by atoms with Crippen LogP contribution >= 0.6 is 0 Å². The van der Waals surface area contributed by atoms with Gasteiger partial charge >= 0.3 is 12.0 Å². The van der Waals surface area contributed by atoms with Gasteiger partial charge in [-0.1, -0.05) is 13.8 Å². The van der Waals surface area contributed by atoms with Crippen LogP contribution in [0.1, 0.15) is 34.1 Å². The molecule has 0 aromatic rings. The van der Waals surface area contributed by atoms with Crippen LogP contribution in [0, 0.1) is 5.92 Å². The average molecular weight is 216 g/mol. The normalized spacial score (nSPS) is 14.5. The van der Waals surface area contributed by atoms with Crippen molar-refractivity contribution < 1.29 is 14.7 Å². The van der Waals surface area contributed by atoms with Gasteiger partial charge in [-0.15, -0.1) is 0 Å². The molecule has 0 aromatic heterocycles. The predicted octanol–water partition coefficient (Wildman–Crippen LogP) is 1.19. The van der Waals surface area contributed by atoms with Crippen molar-refractivity contribution in [3.8, 4) is 0 Å². The minimum Gasteiger partial charge on any atom is -0.480 e. The minimum absolute atomic E-state index is 0.0472. The molecule has 0 fully saturated rings. The van der Waals surface area contributed by atoms with Crippen LogP contribution in [0.3, 0.4) is 0 Å². The lowest BCUT2D eigenvalue weighted by Crippen LogP contribution is -2.47. The van der Waals surface area contributed by atoms with Crippen LogP contribution in [-0.2, 0) is 4.79 Å². The van der Waals surface area contributed by atoms with Crippen molar-refractivity contribution in [3.05, 3.63) is 0 Å². The first-order valence-corrected chi connectivity index (χ1v) is 5.12. The number of carboxylic acids is 1. The van der Waals surface area contributed by atoms with E-state index >= 15 is 0 Å². The Bertz CT molecular complexity index is 229. The lowest BCUT2D eigenvalue weighted by molar-refractivity contribution is -0.138. The second kappa shape index (κ2) is 6.27. The number of hydrogen-bond donors (Lipinski definition) is 3. The first kappa shape index (κ1) is 13.7. The fraction of sp³-hybridized carbons (Fsp3) is 0.800. The standard InChI is InChI=1S/C10H20N2O3/c1-6(2)5-7(3)11-10(15)12-8(4)9(13)14/h6-8H,5H2,1-4H3,(H,13,14)(H2,11,12,15). The van der Waals surface area contributed by atoms with E-state index in [0.29, 0.717) is 5.92 Å². The molecule has 0 aromatic carbocycles. The van der Waals surface area contributed by atoms with Crippen LogP contribution in [-0.4, -0.2) is 29.2 Å². The van der Waals surface area contributed by atoms with Crippen LogP contribution in [0.15, 0.2) is 0 Å². The Morgan fingerprint density at radius 3 is 2.07 bits per heavy atom. The number of urea groups is 1. The van der Waals surface area contributed by atoms with Crippen LogP contribution in [0.4, 0.5) is 4.79 Å². The molecule has 0 aliphatic carbocycles. The molecule has 0 saturated heterocycles. The van der Waals surface area contributed by atoms with Gasteiger partial charge in [-0.25, -0.2) is 4.79 Å². The highest BCUT2D eigenvalue weighted by atomic mass is 16.4. The number of rotatable bonds is 5. The highest BCUT2D eigenvalue weighted by Crippen LogP contribution is 2.03. The quantitative estimate of drug-likeness (QED) is 0.646. The highest BCUT2D eigenvalue weighted by Gasteiger charge is 2.15. The molecule has 2 unspecified atom stereocenters. The molecular weight excluding hydrogens is 196 g/mol. The summed E-state index contributed by atoms with van der Waals surface area (Å²) in [6.45, 7) is 7.45. The first-order valence-electron chi connectivity index (χ1n) is 5.12. The molecule has 0 aliphatic rings. The predicted molar refractivity (Wildman–Crippen MR) is 57.7 cm³/mol. The van der Waals surface area contributed by atoms with Gasteiger partial charge in [-0.05, 0) is 26.2 Å². The molecule has 15 heavy (non-hydrogen) atoms. The lowest BCUT2D eigenvalue weighted by atomic mass is 10.1. The van der Waals surface area contributed by atoms with Crippen LogP contribution in [0.5, 0.6) is 0 Å². The van der Waals surface area contributed by atoms with Gasteiger partial charge in [0.25, 0.3) is 0 Å². The van der Waals surface area contributed by atoms with Crippen molar-refractivity contribution in [2.45, 2.75) is 46.2 Å². The topological polar surface area (TPSA) is 78.4 Å². The molecule has 0 heterocycles. The van der Waals surface area contributed by atoms with E-state index in [1.165, 1.54) is 6.92 Å². The summed E-state index contributed by atoms with van der Waals surface area (Å²) in [6, 6.07) is -1.25. The van der Waals surface area contributed by atoms with Crippen molar-refractivity contribution in [2.75, 3.05) is 0 Å². The van der Waals surface area contributed by atoms with E-state index < -0.39 is 18.0 Å². The Labute approximate surface area is 90.2 Å². The summed E-state index contributed by atoms with van der Waals surface area (Å²) < 4.78 is 0. The lowest BCUT2D eigenvalue weighted by Gasteiger charge is -2.17. The third kappa shape index (κ3) is 6.76. The van der Waals surface area contributed by atoms with Crippen LogP contribution < -0.4 is 10.6 Å². The summed E-state index contributed by atoms with van der Waals surface area (Å²) in [6.07, 6.45) is 0.870. The maximum Gasteiger partial charge on any atom is 0.325 e. The number of carboxylic acid groups (broad SMARTS) is 1. The number of carbonyl (C=O) groups excluding carboxylic acids is 1. The van der Waals surface area contributed by atoms with Gasteiger partial charge in [0.2, 0.25) is 0 Å². The highest BCUT2D eigenvalue weighted by molar-refractivity contribution is 5.82. The molecule has 0 radical (unpaired) electrons. The van der Waals surface area contributed by atoms with Crippen molar-refractivity contribution in [3.63, 3.8) is 0 Å². The summed E-state index contributed by atoms with van der Waals surface area (Å²) >= 11 is 0. The molecule has 0 spiro atoms. The second-order valence-corrected chi connectivity index (χ2v) is 4.21. The summed E-state index contributed by atoms with van der Waals surface area (Å²) in [5, 5.41) is 13.6. The number of aliphatic carboxylic acids is 1. The van der Waals surface area contributed by atoms with Crippen LogP contribution in [0.2, 0.25) is 0 Å². The average Bonchev–Trinajstić information content (AvgIpc) is 2.00. The molecule has 88 valence electrons. The summed E-state index contributed by atoms with van der Waals surface area (Å²) in [7, 11) is 0. The van der Waals surface area contributed by atoms with Gasteiger partial charge in [0.1, 0.15) is 6.04 Å². The van der Waals surface area contributed by atoms with E-state index in [-0.39, 0.29) is 6.04 Å². The van der Waals surface area contributed by atoms with Gasteiger partial charge in [0.15, 0.2) is 0 Å². The third-order valence-electron chi connectivity index (χ3n) is 1.92. The van der Waals surface area contributed by atoms with E-state index in [0.717, 1.165) is 6.42 Å².